The Hall–Kier alpha value is -1.49. The number of nitrogens with two attached hydrogens (primary N) is 1. The van der Waals surface area contributed by atoms with Crippen molar-refractivity contribution in [3.63, 3.8) is 0 Å². The van der Waals surface area contributed by atoms with Crippen LogP contribution < -0.4 is 10.6 Å². The van der Waals surface area contributed by atoms with Crippen molar-refractivity contribution in [1.29, 1.82) is 0 Å². The van der Waals surface area contributed by atoms with Crippen LogP contribution in [0.25, 0.3) is 0 Å². The summed E-state index contributed by atoms with van der Waals surface area (Å²) in [5, 5.41) is 0. The molecular formula is C15H25N3O2. The van der Waals surface area contributed by atoms with Gasteiger partial charge in [-0.15, -0.1) is 0 Å². The lowest BCUT2D eigenvalue weighted by Crippen LogP contribution is -2.46. The number of anilines is 1. The number of ether oxygens (including phenoxy) is 1. The summed E-state index contributed by atoms with van der Waals surface area (Å²) in [5.41, 5.74) is 6.44. The molecule has 1 fully saturated rings. The van der Waals surface area contributed by atoms with Crippen LogP contribution in [0.15, 0.2) is 18.5 Å². The van der Waals surface area contributed by atoms with Gasteiger partial charge >= 0.3 is 5.97 Å². The molecular weight excluding hydrogens is 254 g/mol. The molecule has 0 aromatic carbocycles. The third-order valence-electron chi connectivity index (χ3n) is 3.57. The second-order valence-corrected chi connectivity index (χ2v) is 6.46. The minimum atomic E-state index is -0.458. The van der Waals surface area contributed by atoms with Crippen LogP contribution in [0.2, 0.25) is 0 Å². The maximum atomic E-state index is 12.4. The van der Waals surface area contributed by atoms with Crippen molar-refractivity contribution in [2.24, 2.45) is 12.8 Å². The molecule has 2 rings (SSSR count). The zero-order chi connectivity index (χ0) is 14.9. The number of nitrogens with zero attached hydrogens (tertiary/aromatic N) is 2. The second kappa shape index (κ2) is 5.48. The molecule has 0 saturated carbocycles. The first-order chi connectivity index (χ1) is 9.31. The first-order valence-corrected chi connectivity index (χ1v) is 7.15. The Morgan fingerprint density at radius 2 is 2.15 bits per heavy atom. The Morgan fingerprint density at radius 3 is 2.65 bits per heavy atom. The average molecular weight is 279 g/mol. The lowest BCUT2D eigenvalue weighted by atomic mass is 10.1. The minimum absolute atomic E-state index is 0.155. The highest BCUT2D eigenvalue weighted by Gasteiger charge is 2.39. The molecule has 1 aromatic rings. The van der Waals surface area contributed by atoms with Crippen molar-refractivity contribution in [3.05, 3.63) is 18.5 Å². The Kier molecular flexibility index (Phi) is 4.09. The van der Waals surface area contributed by atoms with E-state index in [1.54, 1.807) is 0 Å². The summed E-state index contributed by atoms with van der Waals surface area (Å²) < 4.78 is 7.52. The van der Waals surface area contributed by atoms with Crippen molar-refractivity contribution in [2.75, 3.05) is 11.4 Å². The van der Waals surface area contributed by atoms with E-state index in [-0.39, 0.29) is 18.1 Å². The maximum Gasteiger partial charge on any atom is 0.329 e. The summed E-state index contributed by atoms with van der Waals surface area (Å²) in [6, 6.07) is 1.99. The fourth-order valence-corrected chi connectivity index (χ4v) is 2.75. The molecule has 20 heavy (non-hydrogen) atoms. The molecule has 1 aromatic heterocycles. The molecule has 2 unspecified atom stereocenters. The molecule has 1 aliphatic heterocycles. The Balaban J connectivity index is 2.21. The van der Waals surface area contributed by atoms with E-state index < -0.39 is 5.60 Å². The lowest BCUT2D eigenvalue weighted by molar-refractivity contribution is -0.156. The van der Waals surface area contributed by atoms with Crippen molar-refractivity contribution in [3.8, 4) is 0 Å². The molecule has 0 bridgehead atoms. The van der Waals surface area contributed by atoms with Crippen LogP contribution in [0.3, 0.4) is 0 Å². The molecule has 1 saturated heterocycles. The molecule has 0 amide bonds. The van der Waals surface area contributed by atoms with Gasteiger partial charge in [0.05, 0.1) is 5.69 Å². The van der Waals surface area contributed by atoms with E-state index in [2.05, 4.69) is 4.90 Å². The number of hydrogen-bond donors (Lipinski definition) is 1. The SMILES string of the molecule is Cn1ccc(N2C(CN)CCC2C(=O)OC(C)(C)C)c1. The van der Waals surface area contributed by atoms with Gasteiger partial charge in [0.25, 0.3) is 0 Å². The van der Waals surface area contributed by atoms with Crippen LogP contribution in [-0.2, 0) is 16.6 Å². The fraction of sp³-hybridized carbons (Fsp3) is 0.667. The number of aromatic nitrogens is 1. The van der Waals surface area contributed by atoms with E-state index in [0.717, 1.165) is 18.5 Å². The van der Waals surface area contributed by atoms with Crippen LogP contribution >= 0.6 is 0 Å². The number of esters is 1. The van der Waals surface area contributed by atoms with Gasteiger partial charge in [-0.05, 0) is 39.7 Å². The van der Waals surface area contributed by atoms with Crippen LogP contribution in [0.5, 0.6) is 0 Å². The van der Waals surface area contributed by atoms with Crippen molar-refractivity contribution in [2.45, 2.75) is 51.3 Å². The minimum Gasteiger partial charge on any atom is -0.458 e. The van der Waals surface area contributed by atoms with E-state index in [4.69, 9.17) is 10.5 Å². The van der Waals surface area contributed by atoms with Crippen molar-refractivity contribution < 1.29 is 9.53 Å². The van der Waals surface area contributed by atoms with E-state index in [9.17, 15) is 4.79 Å². The summed E-state index contributed by atoms with van der Waals surface area (Å²) in [6.07, 6.45) is 5.72. The molecule has 2 N–H and O–H groups in total. The number of carbonyl (C=O) groups is 1. The summed E-state index contributed by atoms with van der Waals surface area (Å²) >= 11 is 0. The molecule has 0 spiro atoms. The Bertz CT molecular complexity index is 476. The van der Waals surface area contributed by atoms with Crippen molar-refractivity contribution in [1.82, 2.24) is 4.57 Å². The molecule has 5 heteroatoms. The van der Waals surface area contributed by atoms with E-state index >= 15 is 0 Å². The lowest BCUT2D eigenvalue weighted by Gasteiger charge is -2.31. The topological polar surface area (TPSA) is 60.5 Å². The van der Waals surface area contributed by atoms with Gasteiger partial charge in [0.15, 0.2) is 0 Å². The summed E-state index contributed by atoms with van der Waals surface area (Å²) in [5.74, 6) is -0.155. The molecule has 5 nitrogen and oxygen atoms in total. The molecule has 112 valence electrons. The van der Waals surface area contributed by atoms with E-state index in [1.807, 2.05) is 50.8 Å². The zero-order valence-electron chi connectivity index (χ0n) is 12.8. The number of rotatable bonds is 3. The summed E-state index contributed by atoms with van der Waals surface area (Å²) in [6.45, 7) is 6.24. The summed E-state index contributed by atoms with van der Waals surface area (Å²) in [4.78, 5) is 14.5. The van der Waals surface area contributed by atoms with Gasteiger partial charge in [-0.3, -0.25) is 0 Å². The van der Waals surface area contributed by atoms with Crippen molar-refractivity contribution >= 4 is 11.7 Å². The monoisotopic (exact) mass is 279 g/mol. The average Bonchev–Trinajstić information content (AvgIpc) is 2.91. The summed E-state index contributed by atoms with van der Waals surface area (Å²) in [7, 11) is 1.97. The van der Waals surface area contributed by atoms with E-state index in [1.165, 1.54) is 0 Å². The van der Waals surface area contributed by atoms with Gasteiger partial charge < -0.3 is 19.9 Å². The molecule has 0 aliphatic carbocycles. The largest absolute Gasteiger partial charge is 0.458 e. The highest BCUT2D eigenvalue weighted by Crippen LogP contribution is 2.31. The van der Waals surface area contributed by atoms with Crippen LogP contribution in [0.1, 0.15) is 33.6 Å². The van der Waals surface area contributed by atoms with Gasteiger partial charge in [-0.25, -0.2) is 4.79 Å². The molecule has 1 aliphatic rings. The normalized spacial score (nSPS) is 23.1. The molecule has 2 heterocycles. The first-order valence-electron chi connectivity index (χ1n) is 7.15. The second-order valence-electron chi connectivity index (χ2n) is 6.46. The number of hydrogen-bond acceptors (Lipinski definition) is 4. The van der Waals surface area contributed by atoms with Crippen LogP contribution in [0, 0.1) is 0 Å². The first kappa shape index (κ1) is 14.9. The standard InChI is InChI=1S/C15H25N3O2/c1-15(2,3)20-14(19)13-6-5-11(9-16)18(13)12-7-8-17(4)10-12/h7-8,10-11,13H,5-6,9,16H2,1-4H3. The maximum absolute atomic E-state index is 12.4. The van der Waals surface area contributed by atoms with Crippen LogP contribution in [-0.4, -0.2) is 34.8 Å². The zero-order valence-corrected chi connectivity index (χ0v) is 12.8. The van der Waals surface area contributed by atoms with Gasteiger partial charge in [0.2, 0.25) is 0 Å². The predicted molar refractivity (Wildman–Crippen MR) is 79.6 cm³/mol. The van der Waals surface area contributed by atoms with Crippen LogP contribution in [0.4, 0.5) is 5.69 Å². The van der Waals surface area contributed by atoms with Gasteiger partial charge in [-0.1, -0.05) is 0 Å². The smallest absolute Gasteiger partial charge is 0.329 e. The molecule has 2 atom stereocenters. The van der Waals surface area contributed by atoms with Gasteiger partial charge in [0, 0.05) is 32.0 Å². The number of carbonyl (C=O) groups excluding carboxylic acids is 1. The highest BCUT2D eigenvalue weighted by molar-refractivity contribution is 5.81. The molecule has 0 radical (unpaired) electrons. The Morgan fingerprint density at radius 1 is 1.45 bits per heavy atom. The highest BCUT2D eigenvalue weighted by atomic mass is 16.6. The quantitative estimate of drug-likeness (QED) is 0.855. The van der Waals surface area contributed by atoms with E-state index in [0.29, 0.717) is 6.54 Å². The van der Waals surface area contributed by atoms with Gasteiger partial charge in [-0.2, -0.15) is 0 Å². The third-order valence-corrected chi connectivity index (χ3v) is 3.57. The number of aryl methyl sites for hydroxylation is 1. The third kappa shape index (κ3) is 3.15. The Labute approximate surface area is 120 Å². The van der Waals surface area contributed by atoms with Gasteiger partial charge in [0.1, 0.15) is 11.6 Å². The predicted octanol–water partition coefficient (Wildman–Crippen LogP) is 1.66. The fourth-order valence-electron chi connectivity index (χ4n) is 2.75.